The van der Waals surface area contributed by atoms with E-state index < -0.39 is 11.9 Å². The summed E-state index contributed by atoms with van der Waals surface area (Å²) in [6, 6.07) is 5.14. The highest BCUT2D eigenvalue weighted by molar-refractivity contribution is 5.99. The van der Waals surface area contributed by atoms with Gasteiger partial charge in [-0.2, -0.15) is 11.7 Å². The van der Waals surface area contributed by atoms with Crippen molar-refractivity contribution in [3.63, 3.8) is 0 Å². The second-order valence-corrected chi connectivity index (χ2v) is 2.12. The zero-order chi connectivity index (χ0) is 13.1. The fourth-order valence-corrected chi connectivity index (χ4v) is 0.839. The number of carboxylic acid groups (broad SMARTS) is 2. The highest BCUT2D eigenvalue weighted by atomic mass is 16.4. The summed E-state index contributed by atoms with van der Waals surface area (Å²) in [4.78, 5) is 20.6. The third-order valence-electron chi connectivity index (χ3n) is 1.37. The Morgan fingerprint density at radius 3 is 1.31 bits per heavy atom. The summed E-state index contributed by atoms with van der Waals surface area (Å²) in [6.45, 7) is 0. The van der Waals surface area contributed by atoms with E-state index in [0.29, 0.717) is 0 Å². The fraction of sp³-hybridized carbons (Fsp3) is 0. The average Bonchev–Trinajstić information content (AvgIpc) is 2.34. The molecule has 90 valence electrons. The van der Waals surface area contributed by atoms with Gasteiger partial charge in [-0.25, -0.2) is 0 Å². The molecule has 0 saturated carbocycles. The van der Waals surface area contributed by atoms with Crippen molar-refractivity contribution in [3.05, 3.63) is 35.4 Å². The normalized spacial score (nSPS) is 7.75. The summed E-state index contributed by atoms with van der Waals surface area (Å²) in [5, 5.41) is 20.6. The Labute approximate surface area is 91.4 Å². The minimum atomic E-state index is -1.52. The van der Waals surface area contributed by atoms with E-state index in [2.05, 4.69) is 23.4 Å². The van der Waals surface area contributed by atoms with E-state index in [0.717, 1.165) is 12.1 Å². The fourth-order valence-electron chi connectivity index (χ4n) is 0.839. The van der Waals surface area contributed by atoms with Crippen LogP contribution in [0.25, 0.3) is 0 Å². The largest absolute Gasteiger partial charge is 0.545 e. The third kappa shape index (κ3) is 5.02. The minimum Gasteiger partial charge on any atom is -0.545 e. The molecule has 0 fully saturated rings. The highest BCUT2D eigenvalue weighted by Gasteiger charge is 2.01. The molecule has 8 nitrogen and oxygen atoms in total. The Morgan fingerprint density at radius 2 is 1.12 bits per heavy atom. The van der Waals surface area contributed by atoms with E-state index in [1.807, 2.05) is 0 Å². The molecule has 0 unspecified atom stereocenters. The van der Waals surface area contributed by atoms with Crippen LogP contribution in [0.15, 0.2) is 24.3 Å². The first-order valence-electron chi connectivity index (χ1n) is 3.96. The molecule has 10 N–H and O–H groups in total. The Hall–Kier alpha value is -2.00. The lowest BCUT2D eigenvalue weighted by atomic mass is 10.1. The highest BCUT2D eigenvalue weighted by Crippen LogP contribution is 2.05. The van der Waals surface area contributed by atoms with Crippen molar-refractivity contribution in [2.45, 2.75) is 0 Å². The van der Waals surface area contributed by atoms with Gasteiger partial charge in [0.25, 0.3) is 0 Å². The third-order valence-corrected chi connectivity index (χ3v) is 1.37. The molecule has 0 aliphatic rings. The lowest BCUT2D eigenvalue weighted by Gasteiger charge is -2.09. The molecule has 0 spiro atoms. The van der Waals surface area contributed by atoms with E-state index >= 15 is 0 Å². The molecule has 0 aliphatic heterocycles. The minimum absolute atomic E-state index is 0.363. The van der Waals surface area contributed by atoms with Gasteiger partial charge in [-0.1, -0.05) is 24.3 Å². The predicted molar refractivity (Wildman–Crippen MR) is 49.3 cm³/mol. The molecule has 0 heterocycles. The Bertz CT molecular complexity index is 310. The molecule has 0 aromatic heterocycles. The van der Waals surface area contributed by atoms with Crippen LogP contribution >= 0.6 is 0 Å². The number of hydrogen-bond donors (Lipinski definition) is 4. The molecular weight excluding hydrogens is 216 g/mol. The van der Waals surface area contributed by atoms with Crippen LogP contribution in [-0.4, -0.2) is 11.9 Å². The van der Waals surface area contributed by atoms with Crippen molar-refractivity contribution >= 4 is 11.9 Å². The van der Waals surface area contributed by atoms with E-state index in [-0.39, 0.29) is 11.1 Å². The van der Waals surface area contributed by atoms with Gasteiger partial charge in [0.05, 0.1) is 11.9 Å². The van der Waals surface area contributed by atoms with Crippen LogP contribution in [-0.2, 0) is 0 Å². The predicted octanol–water partition coefficient (Wildman–Crippen LogP) is -5.38. The van der Waals surface area contributed by atoms with Gasteiger partial charge >= 0.3 is 0 Å². The SMILES string of the molecule is N[NH3+].N[NH3+].O=C([O-])c1ccccc1C(=O)[O-]. The first-order chi connectivity index (χ1) is 7.63. The topological polar surface area (TPSA) is 188 Å². The van der Waals surface area contributed by atoms with E-state index in [1.165, 1.54) is 12.1 Å². The molecule has 1 rings (SSSR count). The number of quaternary nitrogens is 2. The summed E-state index contributed by atoms with van der Waals surface area (Å²) in [7, 11) is 0. The van der Waals surface area contributed by atoms with Gasteiger partial charge in [0.2, 0.25) is 0 Å². The van der Waals surface area contributed by atoms with Crippen LogP contribution in [0.3, 0.4) is 0 Å². The van der Waals surface area contributed by atoms with Crippen molar-refractivity contribution in [3.8, 4) is 0 Å². The summed E-state index contributed by atoms with van der Waals surface area (Å²) in [5.74, 6) is 11.0. The summed E-state index contributed by atoms with van der Waals surface area (Å²) in [6.07, 6.45) is 0. The van der Waals surface area contributed by atoms with Gasteiger partial charge in [0.15, 0.2) is 0 Å². The Morgan fingerprint density at radius 1 is 0.875 bits per heavy atom. The summed E-state index contributed by atoms with van der Waals surface area (Å²) >= 11 is 0. The molecule has 16 heavy (non-hydrogen) atoms. The van der Waals surface area contributed by atoms with Crippen molar-refractivity contribution in [1.82, 2.24) is 0 Å². The number of carbonyl (C=O) groups excluding carboxylic acids is 2. The number of aromatic carboxylic acids is 2. The maximum Gasteiger partial charge on any atom is 0.0721 e. The molecule has 0 radical (unpaired) electrons. The molecule has 8 heteroatoms. The molecule has 0 atom stereocenters. The zero-order valence-electron chi connectivity index (χ0n) is 8.51. The van der Waals surface area contributed by atoms with Crippen LogP contribution < -0.4 is 33.6 Å². The number of nitrogens with two attached hydrogens (primary N) is 2. The van der Waals surface area contributed by atoms with Gasteiger partial charge in [0, 0.05) is 11.1 Å². The maximum atomic E-state index is 10.3. The van der Waals surface area contributed by atoms with Gasteiger partial charge in [-0.15, -0.1) is 0 Å². The second-order valence-electron chi connectivity index (χ2n) is 2.12. The molecule has 0 amide bonds. The van der Waals surface area contributed by atoms with Crippen molar-refractivity contribution < 1.29 is 31.5 Å². The Balaban J connectivity index is 0. The van der Waals surface area contributed by atoms with Crippen molar-refractivity contribution in [1.29, 1.82) is 0 Å². The van der Waals surface area contributed by atoms with Crippen molar-refractivity contribution in [2.75, 3.05) is 0 Å². The van der Waals surface area contributed by atoms with Crippen LogP contribution in [0.5, 0.6) is 0 Å². The van der Waals surface area contributed by atoms with Crippen LogP contribution in [0.4, 0.5) is 0 Å². The summed E-state index contributed by atoms with van der Waals surface area (Å²) < 4.78 is 0. The standard InChI is InChI=1S/C8H6O4.2H4N2/c9-7(10)5-3-1-2-4-6(5)8(11)12;2*1-2/h1-4H,(H,9,10)(H,11,12);2*1-2H2. The van der Waals surface area contributed by atoms with Crippen LogP contribution in [0, 0.1) is 0 Å². The second kappa shape index (κ2) is 9.55. The van der Waals surface area contributed by atoms with E-state index in [1.54, 1.807) is 0 Å². The van der Waals surface area contributed by atoms with E-state index in [4.69, 9.17) is 0 Å². The monoisotopic (exact) mass is 230 g/mol. The smallest absolute Gasteiger partial charge is 0.0721 e. The number of carbonyl (C=O) groups is 2. The van der Waals surface area contributed by atoms with Gasteiger partial charge in [-0.05, 0) is 0 Å². The Kier molecular flexibility index (Phi) is 9.81. The van der Waals surface area contributed by atoms with E-state index in [9.17, 15) is 19.8 Å². The molecule has 1 aromatic carbocycles. The van der Waals surface area contributed by atoms with Gasteiger partial charge in [-0.3, -0.25) is 11.7 Å². The summed E-state index contributed by atoms with van der Waals surface area (Å²) in [5.41, 5.74) is -0.727. The molecule has 1 aromatic rings. The van der Waals surface area contributed by atoms with Crippen LogP contribution in [0.2, 0.25) is 0 Å². The van der Waals surface area contributed by atoms with Gasteiger partial charge < -0.3 is 19.8 Å². The van der Waals surface area contributed by atoms with Gasteiger partial charge in [0.1, 0.15) is 0 Å². The lowest BCUT2D eigenvalue weighted by Crippen LogP contribution is -2.59. The molecule has 0 saturated heterocycles. The number of rotatable bonds is 2. The average molecular weight is 230 g/mol. The zero-order valence-corrected chi connectivity index (χ0v) is 8.51. The molecular formula is C8H14N4O4. The number of carboxylic acids is 2. The first kappa shape index (κ1) is 16.4. The molecule has 0 bridgehead atoms. The lowest BCUT2D eigenvalue weighted by molar-refractivity contribution is -0.379. The van der Waals surface area contributed by atoms with Crippen molar-refractivity contribution in [2.24, 2.45) is 11.7 Å². The number of hydrogen-bond acceptors (Lipinski definition) is 6. The first-order valence-corrected chi connectivity index (χ1v) is 3.96. The number of benzene rings is 1. The maximum absolute atomic E-state index is 10.3. The quantitative estimate of drug-likeness (QED) is 0.289. The van der Waals surface area contributed by atoms with Crippen LogP contribution in [0.1, 0.15) is 20.7 Å². The molecule has 0 aliphatic carbocycles.